The van der Waals surface area contributed by atoms with E-state index in [0.717, 1.165) is 53.9 Å². The lowest BCUT2D eigenvalue weighted by molar-refractivity contribution is -0.133. The summed E-state index contributed by atoms with van der Waals surface area (Å²) in [6.07, 6.45) is 4.83. The maximum Gasteiger partial charge on any atom is 0.222 e. The van der Waals surface area contributed by atoms with Crippen molar-refractivity contribution in [3.05, 3.63) is 60.9 Å². The number of nitrogens with zero attached hydrogens (tertiary/aromatic N) is 5. The quantitative estimate of drug-likeness (QED) is 0.374. The summed E-state index contributed by atoms with van der Waals surface area (Å²) in [6, 6.07) is 17.5. The van der Waals surface area contributed by atoms with E-state index in [0.29, 0.717) is 30.3 Å². The van der Waals surface area contributed by atoms with Crippen molar-refractivity contribution in [2.45, 2.75) is 45.6 Å². The van der Waals surface area contributed by atoms with E-state index in [1.807, 2.05) is 64.2 Å². The van der Waals surface area contributed by atoms with Crippen LogP contribution in [0, 0.1) is 5.92 Å². The van der Waals surface area contributed by atoms with Gasteiger partial charge in [0.2, 0.25) is 5.91 Å². The summed E-state index contributed by atoms with van der Waals surface area (Å²) in [5.41, 5.74) is 8.65. The number of piperidine rings is 1. The van der Waals surface area contributed by atoms with Crippen LogP contribution < -0.4 is 10.5 Å². The lowest BCUT2D eigenvalue weighted by Crippen LogP contribution is -2.41. The van der Waals surface area contributed by atoms with Crippen LogP contribution >= 0.6 is 0 Å². The molecule has 4 aromatic rings. The Hall–Kier alpha value is -3.94. The molecule has 0 bridgehead atoms. The van der Waals surface area contributed by atoms with E-state index in [9.17, 15) is 4.79 Å². The first-order valence-corrected chi connectivity index (χ1v) is 12.6. The minimum atomic E-state index is 0.0352. The number of anilines is 1. The summed E-state index contributed by atoms with van der Waals surface area (Å²) in [5, 5.41) is 5.71. The molecule has 5 rings (SSSR count). The van der Waals surface area contributed by atoms with Crippen molar-refractivity contribution < 1.29 is 9.53 Å². The third-order valence-corrected chi connectivity index (χ3v) is 6.66. The second kappa shape index (κ2) is 10.4. The summed E-state index contributed by atoms with van der Waals surface area (Å²) in [4.78, 5) is 23.6. The largest absolute Gasteiger partial charge is 0.457 e. The Morgan fingerprint density at radius 2 is 1.83 bits per heavy atom. The zero-order chi connectivity index (χ0) is 25.1. The Morgan fingerprint density at radius 1 is 1.08 bits per heavy atom. The Kier molecular flexibility index (Phi) is 6.84. The summed E-state index contributed by atoms with van der Waals surface area (Å²) in [6.45, 7) is 5.71. The topological polar surface area (TPSA) is 99.2 Å². The van der Waals surface area contributed by atoms with Crippen LogP contribution in [0.25, 0.3) is 22.3 Å². The Morgan fingerprint density at radius 3 is 2.58 bits per heavy atom. The number of ether oxygens (including phenoxy) is 1. The number of benzene rings is 2. The van der Waals surface area contributed by atoms with Gasteiger partial charge in [0.15, 0.2) is 5.65 Å². The molecule has 2 aromatic carbocycles. The minimum absolute atomic E-state index is 0.0352. The first kappa shape index (κ1) is 23.8. The number of likely N-dealkylation sites (tertiary alicyclic amines) is 1. The average molecular weight is 485 g/mol. The van der Waals surface area contributed by atoms with E-state index in [1.54, 1.807) is 0 Å². The van der Waals surface area contributed by atoms with Crippen molar-refractivity contribution in [3.8, 4) is 22.8 Å². The summed E-state index contributed by atoms with van der Waals surface area (Å²) in [7, 11) is 0. The smallest absolute Gasteiger partial charge is 0.222 e. The van der Waals surface area contributed by atoms with Gasteiger partial charge in [-0.15, -0.1) is 0 Å². The highest BCUT2D eigenvalue weighted by Crippen LogP contribution is 2.35. The molecule has 2 N–H and O–H groups in total. The molecule has 0 spiro atoms. The van der Waals surface area contributed by atoms with Gasteiger partial charge in [-0.3, -0.25) is 4.79 Å². The zero-order valence-electron chi connectivity index (χ0n) is 20.8. The van der Waals surface area contributed by atoms with Gasteiger partial charge in [-0.1, -0.05) is 32.0 Å². The van der Waals surface area contributed by atoms with Crippen molar-refractivity contribution in [3.63, 3.8) is 0 Å². The van der Waals surface area contributed by atoms with E-state index >= 15 is 0 Å². The van der Waals surface area contributed by atoms with Crippen LogP contribution in [-0.4, -0.2) is 43.6 Å². The zero-order valence-corrected chi connectivity index (χ0v) is 20.8. The number of carbonyl (C=O) groups excluding carboxylic acids is 1. The SMILES string of the molecule is CC(C)CCC(=O)N1CCC[C@@H](n2nc(-c3ccc(Oc4ccccc4)cc3)c3c(N)ncnc32)C1. The molecule has 186 valence electrons. The fourth-order valence-electron chi connectivity index (χ4n) is 4.71. The second-order valence-electron chi connectivity index (χ2n) is 9.76. The molecule has 1 aliphatic rings. The number of carbonyl (C=O) groups is 1. The molecule has 0 radical (unpaired) electrons. The predicted molar refractivity (Wildman–Crippen MR) is 141 cm³/mol. The molecule has 1 saturated heterocycles. The fourth-order valence-corrected chi connectivity index (χ4v) is 4.71. The van der Waals surface area contributed by atoms with Crippen molar-refractivity contribution in [2.75, 3.05) is 18.8 Å². The van der Waals surface area contributed by atoms with E-state index < -0.39 is 0 Å². The van der Waals surface area contributed by atoms with Gasteiger partial charge in [-0.25, -0.2) is 14.6 Å². The van der Waals surface area contributed by atoms with Gasteiger partial charge >= 0.3 is 0 Å². The Bertz CT molecular complexity index is 1330. The number of rotatable bonds is 7. The van der Waals surface area contributed by atoms with Crippen LogP contribution in [0.1, 0.15) is 45.6 Å². The molecule has 0 unspecified atom stereocenters. The molecule has 1 fully saturated rings. The predicted octanol–water partition coefficient (Wildman–Crippen LogP) is 5.47. The van der Waals surface area contributed by atoms with Crippen LogP contribution in [-0.2, 0) is 4.79 Å². The molecule has 3 heterocycles. The van der Waals surface area contributed by atoms with Gasteiger partial charge in [0, 0.05) is 25.1 Å². The highest BCUT2D eigenvalue weighted by molar-refractivity contribution is 5.98. The molecule has 2 aromatic heterocycles. The van der Waals surface area contributed by atoms with Gasteiger partial charge < -0.3 is 15.4 Å². The summed E-state index contributed by atoms with van der Waals surface area (Å²) in [5.74, 6) is 2.64. The maximum atomic E-state index is 12.8. The molecular formula is C28H32N6O2. The number of para-hydroxylation sites is 1. The van der Waals surface area contributed by atoms with E-state index in [2.05, 4.69) is 23.8 Å². The highest BCUT2D eigenvalue weighted by atomic mass is 16.5. The van der Waals surface area contributed by atoms with Crippen molar-refractivity contribution in [1.29, 1.82) is 0 Å². The third kappa shape index (κ3) is 5.03. The van der Waals surface area contributed by atoms with E-state index in [1.165, 1.54) is 6.33 Å². The monoisotopic (exact) mass is 484 g/mol. The molecule has 0 aliphatic carbocycles. The number of hydrogen-bond acceptors (Lipinski definition) is 6. The van der Waals surface area contributed by atoms with Crippen LogP contribution in [0.4, 0.5) is 5.82 Å². The first-order chi connectivity index (χ1) is 17.5. The molecule has 36 heavy (non-hydrogen) atoms. The molecule has 0 saturated carbocycles. The second-order valence-corrected chi connectivity index (χ2v) is 9.76. The van der Waals surface area contributed by atoms with Gasteiger partial charge in [0.05, 0.1) is 11.4 Å². The van der Waals surface area contributed by atoms with Crippen molar-refractivity contribution in [2.24, 2.45) is 5.92 Å². The van der Waals surface area contributed by atoms with Crippen molar-refractivity contribution >= 4 is 22.8 Å². The molecule has 8 heteroatoms. The van der Waals surface area contributed by atoms with Crippen molar-refractivity contribution in [1.82, 2.24) is 24.6 Å². The van der Waals surface area contributed by atoms with Crippen LogP contribution in [0.3, 0.4) is 0 Å². The lowest BCUT2D eigenvalue weighted by atomic mass is 10.0. The summed E-state index contributed by atoms with van der Waals surface area (Å²) < 4.78 is 7.88. The first-order valence-electron chi connectivity index (χ1n) is 12.6. The molecule has 1 aliphatic heterocycles. The molecule has 1 atom stereocenters. The highest BCUT2D eigenvalue weighted by Gasteiger charge is 2.28. The fraction of sp³-hybridized carbons (Fsp3) is 0.357. The van der Waals surface area contributed by atoms with Gasteiger partial charge in [0.1, 0.15) is 29.3 Å². The van der Waals surface area contributed by atoms with E-state index in [4.69, 9.17) is 15.6 Å². The third-order valence-electron chi connectivity index (χ3n) is 6.66. The average Bonchev–Trinajstić information content (AvgIpc) is 3.29. The number of hydrogen-bond donors (Lipinski definition) is 1. The lowest BCUT2D eigenvalue weighted by Gasteiger charge is -2.33. The number of nitrogen functional groups attached to an aromatic ring is 1. The number of aromatic nitrogens is 4. The number of nitrogens with two attached hydrogens (primary N) is 1. The normalized spacial score (nSPS) is 16.0. The van der Waals surface area contributed by atoms with Crippen LogP contribution in [0.5, 0.6) is 11.5 Å². The molecule has 1 amide bonds. The molecular weight excluding hydrogens is 452 g/mol. The number of amides is 1. The van der Waals surface area contributed by atoms with Crippen LogP contribution in [0.15, 0.2) is 60.9 Å². The summed E-state index contributed by atoms with van der Waals surface area (Å²) >= 11 is 0. The Labute approximate surface area is 211 Å². The number of fused-ring (bicyclic) bond motifs is 1. The molecule has 8 nitrogen and oxygen atoms in total. The standard InChI is InChI=1S/C28H32N6O2/c1-19(2)10-15-24(35)33-16-6-7-21(17-33)34-28-25(27(29)30-18-31-28)26(32-34)20-11-13-23(14-12-20)36-22-8-4-3-5-9-22/h3-5,8-9,11-14,18-19,21H,6-7,10,15-17H2,1-2H3,(H2,29,30,31)/t21-/m1/s1. The minimum Gasteiger partial charge on any atom is -0.457 e. The van der Waals surface area contributed by atoms with Crippen LogP contribution in [0.2, 0.25) is 0 Å². The van der Waals surface area contributed by atoms with Gasteiger partial charge in [-0.2, -0.15) is 5.10 Å². The maximum absolute atomic E-state index is 12.8. The van der Waals surface area contributed by atoms with Gasteiger partial charge in [-0.05, 0) is 61.6 Å². The van der Waals surface area contributed by atoms with E-state index in [-0.39, 0.29) is 11.9 Å². The van der Waals surface area contributed by atoms with Gasteiger partial charge in [0.25, 0.3) is 0 Å². The Balaban J connectivity index is 1.43.